The zero-order valence-electron chi connectivity index (χ0n) is 20.3. The highest BCUT2D eigenvalue weighted by Gasteiger charge is 2.51. The van der Waals surface area contributed by atoms with E-state index in [4.69, 9.17) is 9.47 Å². The van der Waals surface area contributed by atoms with Crippen LogP contribution >= 0.6 is 0 Å². The van der Waals surface area contributed by atoms with E-state index in [1.54, 1.807) is 12.1 Å². The van der Waals surface area contributed by atoms with E-state index in [0.29, 0.717) is 22.9 Å². The molecular formula is C27H27N3O6S. The first kappa shape index (κ1) is 24.9. The second-order valence-electron chi connectivity index (χ2n) is 9.17. The monoisotopic (exact) mass is 521 g/mol. The maximum Gasteiger partial charge on any atom is 0.240 e. The Labute approximate surface area is 215 Å². The molecule has 2 aromatic carbocycles. The van der Waals surface area contributed by atoms with Gasteiger partial charge < -0.3 is 14.8 Å². The van der Waals surface area contributed by atoms with Gasteiger partial charge >= 0.3 is 0 Å². The van der Waals surface area contributed by atoms with E-state index in [9.17, 15) is 18.0 Å². The number of rotatable bonds is 10. The Morgan fingerprint density at radius 3 is 2.46 bits per heavy atom. The third-order valence-electron chi connectivity index (χ3n) is 6.61. The smallest absolute Gasteiger partial charge is 0.240 e. The van der Waals surface area contributed by atoms with Crippen molar-refractivity contribution in [2.45, 2.75) is 36.5 Å². The van der Waals surface area contributed by atoms with Gasteiger partial charge in [0.1, 0.15) is 5.78 Å². The molecule has 1 saturated carbocycles. The number of amides is 1. The highest BCUT2D eigenvalue weighted by Crippen LogP contribution is 2.51. The van der Waals surface area contributed by atoms with Crippen molar-refractivity contribution in [3.8, 4) is 22.8 Å². The number of sulfonamides is 1. The van der Waals surface area contributed by atoms with Gasteiger partial charge in [-0.3, -0.25) is 14.6 Å². The summed E-state index contributed by atoms with van der Waals surface area (Å²) in [5.41, 5.74) is 2.48. The molecule has 2 N–H and O–H groups in total. The van der Waals surface area contributed by atoms with Crippen LogP contribution in [0.5, 0.6) is 11.5 Å². The molecule has 0 saturated heterocycles. The van der Waals surface area contributed by atoms with Gasteiger partial charge in [-0.2, -0.15) is 0 Å². The minimum Gasteiger partial charge on any atom is -0.454 e. The van der Waals surface area contributed by atoms with E-state index >= 15 is 0 Å². The topological polar surface area (TPSA) is 124 Å². The molecule has 0 atom stereocenters. The molecule has 192 valence electrons. The Balaban J connectivity index is 1.26. The summed E-state index contributed by atoms with van der Waals surface area (Å²) in [6, 6.07) is 17.6. The fraction of sp³-hybridized carbons (Fsp3) is 0.296. The fourth-order valence-electron chi connectivity index (χ4n) is 4.43. The predicted molar refractivity (Wildman–Crippen MR) is 136 cm³/mol. The lowest BCUT2D eigenvalue weighted by molar-refractivity contribution is -0.121. The Morgan fingerprint density at radius 2 is 1.73 bits per heavy atom. The van der Waals surface area contributed by atoms with E-state index in [0.717, 1.165) is 24.0 Å². The number of nitrogens with zero attached hydrogens (tertiary/aromatic N) is 1. The second kappa shape index (κ2) is 9.95. The Bertz CT molecular complexity index is 1450. The van der Waals surface area contributed by atoms with Gasteiger partial charge in [-0.05, 0) is 54.8 Å². The van der Waals surface area contributed by atoms with Crippen LogP contribution in [0.3, 0.4) is 0 Å². The van der Waals surface area contributed by atoms with Gasteiger partial charge in [0.25, 0.3) is 0 Å². The standard InChI is InChI=1S/C27H27N3O6S/c1-18(31)28-13-14-29-37(33,34)22-8-5-19(6-9-22)23-4-2-3-21(30-23)16-26(32)27(11-12-27)20-7-10-24-25(15-20)36-17-35-24/h2-10,15,29H,11-14,16-17H2,1H3,(H,28,31). The van der Waals surface area contributed by atoms with Crippen LogP contribution in [0.15, 0.2) is 65.6 Å². The lowest BCUT2D eigenvalue weighted by Gasteiger charge is -2.15. The summed E-state index contributed by atoms with van der Waals surface area (Å²) in [5, 5.41) is 2.54. The molecule has 3 aromatic rings. The van der Waals surface area contributed by atoms with Crippen molar-refractivity contribution < 1.29 is 27.5 Å². The average molecular weight is 522 g/mol. The third-order valence-corrected chi connectivity index (χ3v) is 8.09. The minimum atomic E-state index is -3.70. The van der Waals surface area contributed by atoms with E-state index in [1.165, 1.54) is 19.1 Å². The first-order valence-corrected chi connectivity index (χ1v) is 13.5. The van der Waals surface area contributed by atoms with Crippen molar-refractivity contribution in [3.63, 3.8) is 0 Å². The number of nitrogens with one attached hydrogen (secondary N) is 2. The summed E-state index contributed by atoms with van der Waals surface area (Å²) in [7, 11) is -3.70. The number of pyridine rings is 1. The van der Waals surface area contributed by atoms with Crippen molar-refractivity contribution in [3.05, 3.63) is 71.9 Å². The molecule has 2 aliphatic rings. The molecule has 0 unspecified atom stereocenters. The number of ether oxygens (including phenoxy) is 2. The zero-order chi connectivity index (χ0) is 26.0. The van der Waals surface area contributed by atoms with E-state index in [2.05, 4.69) is 15.0 Å². The van der Waals surface area contributed by atoms with Crippen LogP contribution in [-0.4, -0.2) is 45.0 Å². The van der Waals surface area contributed by atoms with Gasteiger partial charge in [0, 0.05) is 37.7 Å². The first-order chi connectivity index (χ1) is 17.8. The summed E-state index contributed by atoms with van der Waals surface area (Å²) in [6.45, 7) is 1.86. The molecule has 0 spiro atoms. The number of carbonyl (C=O) groups is 2. The summed E-state index contributed by atoms with van der Waals surface area (Å²) in [5.74, 6) is 1.26. The number of Topliss-reactive ketones (excluding diaryl/α,β-unsaturated/α-hetero) is 1. The molecule has 1 fully saturated rings. The van der Waals surface area contributed by atoms with Crippen LogP contribution in [-0.2, 0) is 31.4 Å². The van der Waals surface area contributed by atoms with Crippen molar-refractivity contribution in [2.75, 3.05) is 19.9 Å². The lowest BCUT2D eigenvalue weighted by Crippen LogP contribution is -2.33. The zero-order valence-corrected chi connectivity index (χ0v) is 21.1. The van der Waals surface area contributed by atoms with Crippen molar-refractivity contribution in [1.29, 1.82) is 0 Å². The highest BCUT2D eigenvalue weighted by molar-refractivity contribution is 7.89. The normalized spacial score (nSPS) is 15.3. The summed E-state index contributed by atoms with van der Waals surface area (Å²) in [4.78, 5) is 29.1. The quantitative estimate of drug-likeness (QED) is 0.393. The Kier molecular flexibility index (Phi) is 6.70. The molecule has 1 aromatic heterocycles. The van der Waals surface area contributed by atoms with Gasteiger partial charge in [0.15, 0.2) is 11.5 Å². The van der Waals surface area contributed by atoms with E-state index in [-0.39, 0.29) is 42.9 Å². The molecule has 10 heteroatoms. The Hall–Kier alpha value is -3.76. The fourth-order valence-corrected chi connectivity index (χ4v) is 5.46. The van der Waals surface area contributed by atoms with Crippen molar-refractivity contribution >= 4 is 21.7 Å². The van der Waals surface area contributed by atoms with Gasteiger partial charge in [0.2, 0.25) is 22.7 Å². The first-order valence-electron chi connectivity index (χ1n) is 12.0. The Morgan fingerprint density at radius 1 is 0.973 bits per heavy atom. The molecular weight excluding hydrogens is 494 g/mol. The van der Waals surface area contributed by atoms with Crippen LogP contribution in [0.4, 0.5) is 0 Å². The van der Waals surface area contributed by atoms with Crippen LogP contribution in [0, 0.1) is 0 Å². The molecule has 1 aliphatic carbocycles. The van der Waals surface area contributed by atoms with Crippen LogP contribution < -0.4 is 19.5 Å². The largest absolute Gasteiger partial charge is 0.454 e. The van der Waals surface area contributed by atoms with Crippen molar-refractivity contribution in [1.82, 2.24) is 15.0 Å². The lowest BCUT2D eigenvalue weighted by atomic mass is 9.88. The SMILES string of the molecule is CC(=O)NCCNS(=O)(=O)c1ccc(-c2cccc(CC(=O)C3(c4ccc5c(c4)OCO5)CC3)n2)cc1. The van der Waals surface area contributed by atoms with E-state index in [1.807, 2.05) is 36.4 Å². The summed E-state index contributed by atoms with van der Waals surface area (Å²) < 4.78 is 38.3. The number of fused-ring (bicyclic) bond motifs is 1. The molecule has 0 radical (unpaired) electrons. The third kappa shape index (κ3) is 5.35. The van der Waals surface area contributed by atoms with Gasteiger partial charge in [-0.15, -0.1) is 0 Å². The van der Waals surface area contributed by atoms with E-state index < -0.39 is 15.4 Å². The molecule has 9 nitrogen and oxygen atoms in total. The van der Waals surface area contributed by atoms with Crippen LogP contribution in [0.2, 0.25) is 0 Å². The molecule has 1 aliphatic heterocycles. The van der Waals surface area contributed by atoms with Crippen molar-refractivity contribution in [2.24, 2.45) is 0 Å². The summed E-state index contributed by atoms with van der Waals surface area (Å²) >= 11 is 0. The predicted octanol–water partition coefficient (Wildman–Crippen LogP) is 2.74. The van der Waals surface area contributed by atoms with Gasteiger partial charge in [-0.25, -0.2) is 13.1 Å². The molecule has 37 heavy (non-hydrogen) atoms. The average Bonchev–Trinajstić information content (AvgIpc) is 3.57. The van der Waals surface area contributed by atoms with Gasteiger partial charge in [-0.1, -0.05) is 24.3 Å². The number of benzene rings is 2. The molecule has 0 bridgehead atoms. The maximum absolute atomic E-state index is 13.3. The van der Waals surface area contributed by atoms with Crippen LogP contribution in [0.1, 0.15) is 31.0 Å². The van der Waals surface area contributed by atoms with Gasteiger partial charge in [0.05, 0.1) is 16.0 Å². The second-order valence-corrected chi connectivity index (χ2v) is 10.9. The maximum atomic E-state index is 13.3. The minimum absolute atomic E-state index is 0.0923. The molecule has 5 rings (SSSR count). The number of hydrogen-bond acceptors (Lipinski definition) is 7. The number of hydrogen-bond donors (Lipinski definition) is 2. The number of carbonyl (C=O) groups excluding carboxylic acids is 2. The number of aromatic nitrogens is 1. The molecule has 1 amide bonds. The van der Waals surface area contributed by atoms with Crippen LogP contribution in [0.25, 0.3) is 11.3 Å². The number of ketones is 1. The summed E-state index contributed by atoms with van der Waals surface area (Å²) in [6.07, 6.45) is 1.78. The molecule has 2 heterocycles. The highest BCUT2D eigenvalue weighted by atomic mass is 32.2.